The van der Waals surface area contributed by atoms with Crippen LogP contribution in [0.2, 0.25) is 0 Å². The van der Waals surface area contributed by atoms with Crippen molar-refractivity contribution in [2.24, 2.45) is 0 Å². The van der Waals surface area contributed by atoms with E-state index in [0.717, 1.165) is 0 Å². The van der Waals surface area contributed by atoms with Gasteiger partial charge in [-0.05, 0) is 0 Å². The molecule has 2 rings (SSSR count). The maximum Gasteiger partial charge on any atom is 0.241 e. The Morgan fingerprint density at radius 3 is 2.67 bits per heavy atom. The second-order valence-electron chi connectivity index (χ2n) is 3.44. The van der Waals surface area contributed by atoms with Crippen LogP contribution in [-0.4, -0.2) is 34.2 Å². The van der Waals surface area contributed by atoms with E-state index in [1.807, 2.05) is 0 Å². The number of hydrogen-bond donors (Lipinski definition) is 1. The van der Waals surface area contributed by atoms with Crippen molar-refractivity contribution in [3.63, 3.8) is 0 Å². The number of nitrogens with two attached hydrogens (primary N) is 1. The second-order valence-corrected chi connectivity index (χ2v) is 3.44. The third-order valence-electron chi connectivity index (χ3n) is 2.17. The van der Waals surface area contributed by atoms with Crippen molar-refractivity contribution < 1.29 is 9.47 Å². The Morgan fingerprint density at radius 1 is 1.17 bits per heavy atom. The zero-order valence-electron chi connectivity index (χ0n) is 10.1. The molecule has 7 nitrogen and oxygen atoms in total. The zero-order chi connectivity index (χ0) is 13.0. The second kappa shape index (κ2) is 5.37. The van der Waals surface area contributed by atoms with Crippen LogP contribution in [0.5, 0.6) is 5.88 Å². The standard InChI is InChI=1S/C11H13N5O2/c1-17-6-9-15-7(5-8(12)16-9)10-11(18-2)14-4-3-13-10/h3-5H,6H2,1-2H3,(H2,12,15,16). The maximum atomic E-state index is 5.72. The first kappa shape index (κ1) is 12.2. The lowest BCUT2D eigenvalue weighted by atomic mass is 10.3. The van der Waals surface area contributed by atoms with Crippen LogP contribution in [0.25, 0.3) is 11.4 Å². The van der Waals surface area contributed by atoms with Gasteiger partial charge in [0.25, 0.3) is 0 Å². The highest BCUT2D eigenvalue weighted by Gasteiger charge is 2.12. The van der Waals surface area contributed by atoms with E-state index in [1.165, 1.54) is 7.11 Å². The molecule has 0 saturated heterocycles. The fraction of sp³-hybridized carbons (Fsp3) is 0.273. The Bertz CT molecular complexity index is 547. The first-order valence-electron chi connectivity index (χ1n) is 5.22. The van der Waals surface area contributed by atoms with E-state index in [4.69, 9.17) is 15.2 Å². The highest BCUT2D eigenvalue weighted by Crippen LogP contribution is 2.24. The van der Waals surface area contributed by atoms with Gasteiger partial charge in [0.2, 0.25) is 5.88 Å². The fourth-order valence-electron chi connectivity index (χ4n) is 1.48. The van der Waals surface area contributed by atoms with Gasteiger partial charge in [-0.15, -0.1) is 0 Å². The molecule has 18 heavy (non-hydrogen) atoms. The first-order valence-corrected chi connectivity index (χ1v) is 5.22. The van der Waals surface area contributed by atoms with Crippen LogP contribution in [0, 0.1) is 0 Å². The fourth-order valence-corrected chi connectivity index (χ4v) is 1.48. The summed E-state index contributed by atoms with van der Waals surface area (Å²) >= 11 is 0. The predicted molar refractivity (Wildman–Crippen MR) is 64.7 cm³/mol. The molecule has 2 heterocycles. The van der Waals surface area contributed by atoms with Crippen LogP contribution in [-0.2, 0) is 11.3 Å². The summed E-state index contributed by atoms with van der Waals surface area (Å²) in [6.45, 7) is 0.278. The van der Waals surface area contributed by atoms with E-state index >= 15 is 0 Å². The van der Waals surface area contributed by atoms with Gasteiger partial charge >= 0.3 is 0 Å². The third-order valence-corrected chi connectivity index (χ3v) is 2.17. The molecule has 0 spiro atoms. The number of hydrogen-bond acceptors (Lipinski definition) is 7. The van der Waals surface area contributed by atoms with Crippen molar-refractivity contribution in [3.05, 3.63) is 24.3 Å². The van der Waals surface area contributed by atoms with Crippen LogP contribution < -0.4 is 10.5 Å². The molecule has 2 N–H and O–H groups in total. The summed E-state index contributed by atoms with van der Waals surface area (Å²) in [4.78, 5) is 16.6. The SMILES string of the molecule is COCc1nc(N)cc(-c2nccnc2OC)n1. The molecule has 94 valence electrons. The summed E-state index contributed by atoms with van der Waals surface area (Å²) in [5.41, 5.74) is 6.80. The van der Waals surface area contributed by atoms with Gasteiger partial charge in [0.15, 0.2) is 11.5 Å². The van der Waals surface area contributed by atoms with Gasteiger partial charge in [-0.25, -0.2) is 19.9 Å². The molecular formula is C11H13N5O2. The van der Waals surface area contributed by atoms with Gasteiger partial charge in [-0.3, -0.25) is 0 Å². The quantitative estimate of drug-likeness (QED) is 0.848. The van der Waals surface area contributed by atoms with Crippen LogP contribution in [0.1, 0.15) is 5.82 Å². The minimum atomic E-state index is 0.278. The smallest absolute Gasteiger partial charge is 0.241 e. The number of methoxy groups -OCH3 is 2. The van der Waals surface area contributed by atoms with Gasteiger partial charge in [-0.1, -0.05) is 0 Å². The number of nitrogens with zero attached hydrogens (tertiary/aromatic N) is 4. The topological polar surface area (TPSA) is 96.0 Å². The van der Waals surface area contributed by atoms with Gasteiger partial charge in [0.1, 0.15) is 18.1 Å². The Balaban J connectivity index is 2.49. The number of anilines is 1. The lowest BCUT2D eigenvalue weighted by Crippen LogP contribution is -2.04. The molecule has 0 unspecified atom stereocenters. The highest BCUT2D eigenvalue weighted by molar-refractivity contribution is 5.62. The van der Waals surface area contributed by atoms with Crippen molar-refractivity contribution in [1.29, 1.82) is 0 Å². The van der Waals surface area contributed by atoms with E-state index in [1.54, 1.807) is 25.6 Å². The van der Waals surface area contributed by atoms with E-state index in [2.05, 4.69) is 19.9 Å². The molecule has 0 aliphatic heterocycles. The van der Waals surface area contributed by atoms with Crippen molar-refractivity contribution in [2.45, 2.75) is 6.61 Å². The lowest BCUT2D eigenvalue weighted by Gasteiger charge is -2.07. The van der Waals surface area contributed by atoms with Crippen molar-refractivity contribution in [1.82, 2.24) is 19.9 Å². The molecule has 0 saturated carbocycles. The minimum absolute atomic E-state index is 0.278. The molecule has 0 radical (unpaired) electrons. The van der Waals surface area contributed by atoms with Crippen LogP contribution in [0.15, 0.2) is 18.5 Å². The Kier molecular flexibility index (Phi) is 3.63. The molecule has 0 atom stereocenters. The van der Waals surface area contributed by atoms with Crippen molar-refractivity contribution in [2.75, 3.05) is 20.0 Å². The number of rotatable bonds is 4. The van der Waals surface area contributed by atoms with Crippen LogP contribution in [0.3, 0.4) is 0 Å². The molecule has 2 aromatic heterocycles. The number of ether oxygens (including phenoxy) is 2. The van der Waals surface area contributed by atoms with E-state index in [9.17, 15) is 0 Å². The normalized spacial score (nSPS) is 10.3. The highest BCUT2D eigenvalue weighted by atomic mass is 16.5. The summed E-state index contributed by atoms with van der Waals surface area (Å²) in [5.74, 6) is 1.22. The average Bonchev–Trinajstić information content (AvgIpc) is 2.38. The maximum absolute atomic E-state index is 5.72. The van der Waals surface area contributed by atoms with Gasteiger partial charge in [0, 0.05) is 25.6 Å². The zero-order valence-corrected chi connectivity index (χ0v) is 10.1. The number of nitrogen functional groups attached to an aromatic ring is 1. The Morgan fingerprint density at radius 2 is 1.94 bits per heavy atom. The Labute approximate surface area is 104 Å². The van der Waals surface area contributed by atoms with Gasteiger partial charge < -0.3 is 15.2 Å². The first-order chi connectivity index (χ1) is 8.74. The van der Waals surface area contributed by atoms with Gasteiger partial charge in [-0.2, -0.15) is 0 Å². The predicted octanol–water partition coefficient (Wildman–Crippen LogP) is 0.671. The Hall–Kier alpha value is -2.28. The lowest BCUT2D eigenvalue weighted by molar-refractivity contribution is 0.178. The molecule has 0 fully saturated rings. The summed E-state index contributed by atoms with van der Waals surface area (Å²) in [6.07, 6.45) is 3.11. The molecule has 2 aromatic rings. The summed E-state index contributed by atoms with van der Waals surface area (Å²) in [6, 6.07) is 1.62. The molecule has 7 heteroatoms. The largest absolute Gasteiger partial charge is 0.479 e. The summed E-state index contributed by atoms with van der Waals surface area (Å²) in [5, 5.41) is 0. The number of aromatic nitrogens is 4. The van der Waals surface area contributed by atoms with Crippen LogP contribution in [0.4, 0.5) is 5.82 Å². The van der Waals surface area contributed by atoms with E-state index < -0.39 is 0 Å². The average molecular weight is 247 g/mol. The molecule has 0 aliphatic carbocycles. The third kappa shape index (κ3) is 2.51. The molecule has 0 bridgehead atoms. The minimum Gasteiger partial charge on any atom is -0.479 e. The molecule has 0 aromatic carbocycles. The van der Waals surface area contributed by atoms with Crippen molar-refractivity contribution >= 4 is 5.82 Å². The van der Waals surface area contributed by atoms with Crippen molar-refractivity contribution in [3.8, 4) is 17.3 Å². The molecular weight excluding hydrogens is 234 g/mol. The monoisotopic (exact) mass is 247 g/mol. The summed E-state index contributed by atoms with van der Waals surface area (Å²) in [7, 11) is 3.09. The molecule has 0 amide bonds. The molecule has 0 aliphatic rings. The van der Waals surface area contributed by atoms with E-state index in [0.29, 0.717) is 28.9 Å². The van der Waals surface area contributed by atoms with Gasteiger partial charge in [0.05, 0.1) is 7.11 Å². The van der Waals surface area contributed by atoms with Crippen LogP contribution >= 0.6 is 0 Å². The van der Waals surface area contributed by atoms with E-state index in [-0.39, 0.29) is 6.61 Å². The summed E-state index contributed by atoms with van der Waals surface area (Å²) < 4.78 is 10.1.